The summed E-state index contributed by atoms with van der Waals surface area (Å²) in [5, 5.41) is 3.44. The molecule has 1 saturated carbocycles. The second kappa shape index (κ2) is 5.81. The Labute approximate surface area is 144 Å². The Morgan fingerprint density at radius 2 is 2.04 bits per heavy atom. The molecule has 1 aliphatic carbocycles. The van der Waals surface area contributed by atoms with Crippen LogP contribution in [0.2, 0.25) is 0 Å². The van der Waals surface area contributed by atoms with Crippen molar-refractivity contribution in [3.63, 3.8) is 0 Å². The molecule has 0 radical (unpaired) electrons. The second-order valence-corrected chi connectivity index (χ2v) is 6.44. The van der Waals surface area contributed by atoms with Gasteiger partial charge in [0.2, 0.25) is 5.91 Å². The number of aryl methyl sites for hydroxylation is 2. The lowest BCUT2D eigenvalue weighted by atomic mass is 10.1. The number of nitrogens with one attached hydrogen (secondary N) is 1. The van der Waals surface area contributed by atoms with Crippen molar-refractivity contribution in [2.45, 2.75) is 26.7 Å². The zero-order chi connectivity index (χ0) is 17.6. The molecule has 4 rings (SSSR count). The minimum atomic E-state index is -0.148. The molecule has 0 saturated heterocycles. The molecule has 1 N–H and O–H groups in total. The van der Waals surface area contributed by atoms with Crippen LogP contribution in [-0.2, 0) is 4.79 Å². The van der Waals surface area contributed by atoms with E-state index in [-0.39, 0.29) is 17.4 Å². The number of benzene rings is 1. The van der Waals surface area contributed by atoms with Gasteiger partial charge >= 0.3 is 0 Å². The Morgan fingerprint density at radius 3 is 2.76 bits per heavy atom. The molecule has 3 aromatic rings. The average Bonchev–Trinajstić information content (AvgIpc) is 3.42. The van der Waals surface area contributed by atoms with Crippen LogP contribution in [-0.4, -0.2) is 20.4 Å². The smallest absolute Gasteiger partial charge is 0.267 e. The number of fused-ring (bicyclic) bond motifs is 1. The summed E-state index contributed by atoms with van der Waals surface area (Å²) in [6.07, 6.45) is 3.56. The molecule has 0 spiro atoms. The monoisotopic (exact) mass is 334 g/mol. The minimum absolute atomic E-state index is 0.0719. The fraction of sp³-hybridized carbons (Fsp3) is 0.263. The van der Waals surface area contributed by atoms with E-state index in [9.17, 15) is 9.59 Å². The molecule has 2 heterocycles. The summed E-state index contributed by atoms with van der Waals surface area (Å²) < 4.78 is 1.57. The number of carbonyl (C=O) groups is 1. The molecule has 0 aliphatic heterocycles. The molecule has 1 aliphatic rings. The molecule has 6 nitrogen and oxygen atoms in total. The van der Waals surface area contributed by atoms with Gasteiger partial charge in [0.25, 0.3) is 5.56 Å². The quantitative estimate of drug-likeness (QED) is 0.799. The standard InChI is InChI=1S/C19H18N4O2/c1-11-10-14(7-8-16(11)22-18(24)13-5-6-13)23-12(2)21-17-15(19(23)25)4-3-9-20-17/h3-4,7-10,13H,5-6H2,1-2H3,(H,22,24). The van der Waals surface area contributed by atoms with Crippen molar-refractivity contribution >= 4 is 22.6 Å². The van der Waals surface area contributed by atoms with E-state index in [1.54, 1.807) is 29.8 Å². The zero-order valence-corrected chi connectivity index (χ0v) is 14.1. The van der Waals surface area contributed by atoms with Crippen molar-refractivity contribution in [1.29, 1.82) is 0 Å². The lowest BCUT2D eigenvalue weighted by Gasteiger charge is -2.13. The van der Waals surface area contributed by atoms with E-state index >= 15 is 0 Å². The summed E-state index contributed by atoms with van der Waals surface area (Å²) in [6.45, 7) is 3.70. The van der Waals surface area contributed by atoms with Crippen LogP contribution in [0.4, 0.5) is 5.69 Å². The van der Waals surface area contributed by atoms with Crippen LogP contribution in [0.15, 0.2) is 41.3 Å². The average molecular weight is 334 g/mol. The van der Waals surface area contributed by atoms with Crippen LogP contribution in [0, 0.1) is 19.8 Å². The van der Waals surface area contributed by atoms with Gasteiger partial charge in [-0.1, -0.05) is 0 Å². The van der Waals surface area contributed by atoms with E-state index in [0.29, 0.717) is 16.9 Å². The molecule has 0 bridgehead atoms. The van der Waals surface area contributed by atoms with Gasteiger partial charge in [-0.25, -0.2) is 9.97 Å². The summed E-state index contributed by atoms with van der Waals surface area (Å²) in [5.74, 6) is 0.800. The third kappa shape index (κ3) is 2.80. The topological polar surface area (TPSA) is 76.9 Å². The molecule has 25 heavy (non-hydrogen) atoms. The molecule has 126 valence electrons. The van der Waals surface area contributed by atoms with Gasteiger partial charge in [-0.2, -0.15) is 0 Å². The molecule has 1 aromatic carbocycles. The van der Waals surface area contributed by atoms with Crippen LogP contribution < -0.4 is 10.9 Å². The molecular formula is C19H18N4O2. The Kier molecular flexibility index (Phi) is 3.60. The number of nitrogens with zero attached hydrogens (tertiary/aromatic N) is 3. The third-order valence-corrected chi connectivity index (χ3v) is 4.49. The van der Waals surface area contributed by atoms with Gasteiger partial charge in [-0.3, -0.25) is 14.2 Å². The molecule has 2 aromatic heterocycles. The second-order valence-electron chi connectivity index (χ2n) is 6.44. The van der Waals surface area contributed by atoms with E-state index < -0.39 is 0 Å². The van der Waals surface area contributed by atoms with Gasteiger partial charge in [0.05, 0.1) is 11.1 Å². The normalized spacial score (nSPS) is 13.8. The van der Waals surface area contributed by atoms with E-state index in [2.05, 4.69) is 15.3 Å². The first-order valence-electron chi connectivity index (χ1n) is 8.31. The van der Waals surface area contributed by atoms with Crippen molar-refractivity contribution in [1.82, 2.24) is 14.5 Å². The Morgan fingerprint density at radius 1 is 1.24 bits per heavy atom. The van der Waals surface area contributed by atoms with Gasteiger partial charge in [0.15, 0.2) is 5.65 Å². The van der Waals surface area contributed by atoms with Gasteiger partial charge in [-0.05, 0) is 62.6 Å². The highest BCUT2D eigenvalue weighted by Crippen LogP contribution is 2.31. The third-order valence-electron chi connectivity index (χ3n) is 4.49. The Balaban J connectivity index is 1.77. The highest BCUT2D eigenvalue weighted by molar-refractivity contribution is 5.94. The minimum Gasteiger partial charge on any atom is -0.326 e. The number of aromatic nitrogens is 3. The van der Waals surface area contributed by atoms with Gasteiger partial charge in [0.1, 0.15) is 5.82 Å². The van der Waals surface area contributed by atoms with E-state index in [1.165, 1.54) is 0 Å². The summed E-state index contributed by atoms with van der Waals surface area (Å²) in [6, 6.07) is 9.01. The lowest BCUT2D eigenvalue weighted by Crippen LogP contribution is -2.23. The predicted molar refractivity (Wildman–Crippen MR) is 96.0 cm³/mol. The summed E-state index contributed by atoms with van der Waals surface area (Å²) in [4.78, 5) is 33.4. The highest BCUT2D eigenvalue weighted by atomic mass is 16.2. The maximum atomic E-state index is 12.8. The van der Waals surface area contributed by atoms with Crippen LogP contribution in [0.25, 0.3) is 16.7 Å². The maximum Gasteiger partial charge on any atom is 0.267 e. The number of anilines is 1. The van der Waals surface area contributed by atoms with Crippen molar-refractivity contribution < 1.29 is 4.79 Å². The van der Waals surface area contributed by atoms with Gasteiger partial charge < -0.3 is 5.32 Å². The molecule has 1 fully saturated rings. The van der Waals surface area contributed by atoms with E-state index in [4.69, 9.17) is 0 Å². The number of amides is 1. The molecule has 0 atom stereocenters. The van der Waals surface area contributed by atoms with Crippen LogP contribution >= 0.6 is 0 Å². The van der Waals surface area contributed by atoms with Crippen LogP contribution in [0.3, 0.4) is 0 Å². The van der Waals surface area contributed by atoms with Crippen LogP contribution in [0.5, 0.6) is 0 Å². The Hall–Kier alpha value is -3.02. The fourth-order valence-electron chi connectivity index (χ4n) is 2.94. The van der Waals surface area contributed by atoms with Gasteiger partial charge in [0, 0.05) is 17.8 Å². The van der Waals surface area contributed by atoms with Gasteiger partial charge in [-0.15, -0.1) is 0 Å². The first-order chi connectivity index (χ1) is 12.0. The summed E-state index contributed by atoms with van der Waals surface area (Å²) in [7, 11) is 0. The first-order valence-corrected chi connectivity index (χ1v) is 8.31. The van der Waals surface area contributed by atoms with E-state index in [1.807, 2.05) is 25.1 Å². The number of carbonyl (C=O) groups excluding carboxylic acids is 1. The lowest BCUT2D eigenvalue weighted by molar-refractivity contribution is -0.117. The van der Waals surface area contributed by atoms with Crippen molar-refractivity contribution in [2.75, 3.05) is 5.32 Å². The largest absolute Gasteiger partial charge is 0.326 e. The maximum absolute atomic E-state index is 12.8. The van der Waals surface area contributed by atoms with Crippen molar-refractivity contribution in [3.05, 3.63) is 58.3 Å². The summed E-state index contributed by atoms with van der Waals surface area (Å²) >= 11 is 0. The zero-order valence-electron chi connectivity index (χ0n) is 14.1. The van der Waals surface area contributed by atoms with Crippen molar-refractivity contribution in [3.8, 4) is 5.69 Å². The fourth-order valence-corrected chi connectivity index (χ4v) is 2.94. The number of rotatable bonds is 3. The predicted octanol–water partition coefficient (Wildman–Crippen LogP) is 2.75. The SMILES string of the molecule is Cc1cc(-n2c(C)nc3ncccc3c2=O)ccc1NC(=O)C1CC1. The molecule has 0 unspecified atom stereocenters. The molecular weight excluding hydrogens is 316 g/mol. The Bertz CT molecular complexity index is 1050. The van der Waals surface area contributed by atoms with E-state index in [0.717, 1.165) is 29.8 Å². The van der Waals surface area contributed by atoms with Crippen LogP contribution in [0.1, 0.15) is 24.2 Å². The molecule has 6 heteroatoms. The number of hydrogen-bond donors (Lipinski definition) is 1. The number of hydrogen-bond acceptors (Lipinski definition) is 4. The first kappa shape index (κ1) is 15.5. The molecule has 1 amide bonds. The van der Waals surface area contributed by atoms with Crippen molar-refractivity contribution in [2.24, 2.45) is 5.92 Å². The number of pyridine rings is 1. The highest BCUT2D eigenvalue weighted by Gasteiger charge is 2.29. The summed E-state index contributed by atoms with van der Waals surface area (Å²) in [5.41, 5.74) is 2.71.